The zero-order valence-electron chi connectivity index (χ0n) is 10.9. The van der Waals surface area contributed by atoms with Gasteiger partial charge in [0.2, 0.25) is 5.91 Å². The molecule has 3 nitrogen and oxygen atoms in total. The van der Waals surface area contributed by atoms with Crippen LogP contribution in [0.25, 0.3) is 0 Å². The minimum absolute atomic E-state index is 0.00315. The van der Waals surface area contributed by atoms with Crippen molar-refractivity contribution in [2.75, 3.05) is 0 Å². The van der Waals surface area contributed by atoms with Gasteiger partial charge in [-0.2, -0.15) is 0 Å². The van der Waals surface area contributed by atoms with Gasteiger partial charge in [-0.1, -0.05) is 31.2 Å². The molecule has 3 heteroatoms. The van der Waals surface area contributed by atoms with E-state index in [4.69, 9.17) is 5.73 Å². The summed E-state index contributed by atoms with van der Waals surface area (Å²) in [4.78, 5) is 11.6. The molecule has 3 N–H and O–H groups in total. The molecule has 0 atom stereocenters. The Kier molecular flexibility index (Phi) is 4.70. The van der Waals surface area contributed by atoms with Gasteiger partial charge >= 0.3 is 0 Å². The van der Waals surface area contributed by atoms with Gasteiger partial charge in [0.05, 0.1) is 0 Å². The summed E-state index contributed by atoms with van der Waals surface area (Å²) >= 11 is 0. The number of carbonyl (C=O) groups is 1. The van der Waals surface area contributed by atoms with Crippen LogP contribution in [0.4, 0.5) is 0 Å². The summed E-state index contributed by atoms with van der Waals surface area (Å²) in [6.07, 6.45) is 1.33. The Morgan fingerprint density at radius 2 is 1.88 bits per heavy atom. The van der Waals surface area contributed by atoms with Crippen LogP contribution in [0.3, 0.4) is 0 Å². The monoisotopic (exact) mass is 234 g/mol. The molecule has 0 unspecified atom stereocenters. The Labute approximate surface area is 103 Å². The van der Waals surface area contributed by atoms with Crippen LogP contribution in [0.15, 0.2) is 24.3 Å². The van der Waals surface area contributed by atoms with E-state index in [2.05, 4.69) is 18.3 Å². The molecule has 1 aromatic rings. The third-order valence-electron chi connectivity index (χ3n) is 2.59. The van der Waals surface area contributed by atoms with Crippen LogP contribution < -0.4 is 11.1 Å². The highest BCUT2D eigenvalue weighted by atomic mass is 16.1. The molecule has 1 aromatic carbocycles. The molecule has 0 radical (unpaired) electrons. The number of benzene rings is 1. The fraction of sp³-hybridized carbons (Fsp3) is 0.500. The Morgan fingerprint density at radius 1 is 1.29 bits per heavy atom. The van der Waals surface area contributed by atoms with Crippen molar-refractivity contribution in [1.29, 1.82) is 0 Å². The lowest BCUT2D eigenvalue weighted by molar-refractivity contribution is -0.122. The molecule has 17 heavy (non-hydrogen) atoms. The number of carbonyl (C=O) groups excluding carboxylic acids is 1. The van der Waals surface area contributed by atoms with Crippen molar-refractivity contribution in [3.8, 4) is 0 Å². The molecule has 0 spiro atoms. The summed E-state index contributed by atoms with van der Waals surface area (Å²) in [6.45, 7) is 6.40. The molecule has 0 heterocycles. The van der Waals surface area contributed by atoms with Crippen molar-refractivity contribution in [2.45, 2.75) is 45.7 Å². The highest BCUT2D eigenvalue weighted by Crippen LogP contribution is 2.09. The number of hydrogen-bond acceptors (Lipinski definition) is 2. The summed E-state index contributed by atoms with van der Waals surface area (Å²) in [5.41, 5.74) is 7.81. The predicted octanol–water partition coefficient (Wildman–Crippen LogP) is 1.99. The van der Waals surface area contributed by atoms with Crippen molar-refractivity contribution in [3.05, 3.63) is 35.4 Å². The van der Waals surface area contributed by atoms with Gasteiger partial charge < -0.3 is 11.1 Å². The molecular formula is C14H22N2O. The summed E-state index contributed by atoms with van der Waals surface area (Å²) in [5, 5.41) is 2.91. The average molecular weight is 234 g/mol. The van der Waals surface area contributed by atoms with Crippen LogP contribution in [-0.4, -0.2) is 11.4 Å². The first-order chi connectivity index (χ1) is 7.92. The first-order valence-corrected chi connectivity index (χ1v) is 6.05. The van der Waals surface area contributed by atoms with E-state index in [1.807, 2.05) is 32.0 Å². The van der Waals surface area contributed by atoms with Crippen molar-refractivity contribution < 1.29 is 4.79 Å². The maximum Gasteiger partial charge on any atom is 0.222 e. The quantitative estimate of drug-likeness (QED) is 0.818. The van der Waals surface area contributed by atoms with Gasteiger partial charge in [0, 0.05) is 18.5 Å². The van der Waals surface area contributed by atoms with Gasteiger partial charge in [-0.3, -0.25) is 4.79 Å². The molecule has 0 aliphatic rings. The maximum absolute atomic E-state index is 11.6. The van der Waals surface area contributed by atoms with E-state index >= 15 is 0 Å². The van der Waals surface area contributed by atoms with Crippen molar-refractivity contribution in [3.63, 3.8) is 0 Å². The summed E-state index contributed by atoms with van der Waals surface area (Å²) in [7, 11) is 0. The number of nitrogens with one attached hydrogen (secondary N) is 1. The molecule has 0 aliphatic heterocycles. The number of rotatable bonds is 5. The molecule has 0 saturated heterocycles. The maximum atomic E-state index is 11.6. The summed E-state index contributed by atoms with van der Waals surface area (Å²) in [6, 6.07) is 8.15. The van der Waals surface area contributed by atoms with Gasteiger partial charge in [0.25, 0.3) is 0 Å². The van der Waals surface area contributed by atoms with E-state index in [9.17, 15) is 4.79 Å². The molecule has 1 rings (SSSR count). The topological polar surface area (TPSA) is 55.1 Å². The number of amides is 1. The zero-order valence-corrected chi connectivity index (χ0v) is 10.9. The van der Waals surface area contributed by atoms with E-state index in [1.165, 1.54) is 11.1 Å². The van der Waals surface area contributed by atoms with Crippen LogP contribution in [0.1, 0.15) is 38.3 Å². The largest absolute Gasteiger partial charge is 0.352 e. The highest BCUT2D eigenvalue weighted by Gasteiger charge is 2.15. The fourth-order valence-electron chi connectivity index (χ4n) is 1.74. The second kappa shape index (κ2) is 5.82. The first kappa shape index (κ1) is 13.7. The zero-order chi connectivity index (χ0) is 12.9. The van der Waals surface area contributed by atoms with E-state index in [0.29, 0.717) is 13.0 Å². The van der Waals surface area contributed by atoms with Gasteiger partial charge in [-0.05, 0) is 31.4 Å². The van der Waals surface area contributed by atoms with Crippen LogP contribution in [-0.2, 0) is 17.8 Å². The summed E-state index contributed by atoms with van der Waals surface area (Å²) in [5.74, 6) is 0.00315. The lowest BCUT2D eigenvalue weighted by atomic mass is 10.0. The minimum atomic E-state index is -0.450. The fourth-order valence-corrected chi connectivity index (χ4v) is 1.74. The van der Waals surface area contributed by atoms with Gasteiger partial charge in [-0.15, -0.1) is 0 Å². The minimum Gasteiger partial charge on any atom is -0.352 e. The van der Waals surface area contributed by atoms with Gasteiger partial charge in [0.1, 0.15) is 0 Å². The van der Waals surface area contributed by atoms with E-state index < -0.39 is 5.54 Å². The molecule has 0 aliphatic carbocycles. The Morgan fingerprint density at radius 3 is 2.41 bits per heavy atom. The predicted molar refractivity (Wildman–Crippen MR) is 70.6 cm³/mol. The molecule has 94 valence electrons. The third-order valence-corrected chi connectivity index (χ3v) is 2.59. The molecule has 0 fully saturated rings. The standard InChI is InChI=1S/C14H22N2O/c1-4-11-7-5-6-8-12(11)10-16-13(17)9-14(2,3)15/h5-8H,4,9-10,15H2,1-3H3,(H,16,17). The van der Waals surface area contributed by atoms with Crippen molar-refractivity contribution in [2.24, 2.45) is 5.73 Å². The lowest BCUT2D eigenvalue weighted by Crippen LogP contribution is -2.38. The Hall–Kier alpha value is -1.35. The normalized spacial score (nSPS) is 11.3. The SMILES string of the molecule is CCc1ccccc1CNC(=O)CC(C)(C)N. The van der Waals surface area contributed by atoms with Crippen LogP contribution >= 0.6 is 0 Å². The number of hydrogen-bond donors (Lipinski definition) is 2. The second-order valence-corrected chi connectivity index (χ2v) is 5.06. The first-order valence-electron chi connectivity index (χ1n) is 6.05. The highest BCUT2D eigenvalue weighted by molar-refractivity contribution is 5.77. The lowest BCUT2D eigenvalue weighted by Gasteiger charge is -2.18. The third kappa shape index (κ3) is 5.00. The number of aryl methyl sites for hydroxylation is 1. The van der Waals surface area contributed by atoms with Gasteiger partial charge in [0.15, 0.2) is 0 Å². The molecule has 0 saturated carbocycles. The van der Waals surface area contributed by atoms with E-state index in [-0.39, 0.29) is 5.91 Å². The van der Waals surface area contributed by atoms with Crippen LogP contribution in [0.5, 0.6) is 0 Å². The summed E-state index contributed by atoms with van der Waals surface area (Å²) < 4.78 is 0. The molecular weight excluding hydrogens is 212 g/mol. The Balaban J connectivity index is 2.53. The molecule has 1 amide bonds. The smallest absolute Gasteiger partial charge is 0.222 e. The van der Waals surface area contributed by atoms with Crippen LogP contribution in [0.2, 0.25) is 0 Å². The van der Waals surface area contributed by atoms with Crippen LogP contribution in [0, 0.1) is 0 Å². The second-order valence-electron chi connectivity index (χ2n) is 5.06. The van der Waals surface area contributed by atoms with Gasteiger partial charge in [-0.25, -0.2) is 0 Å². The van der Waals surface area contributed by atoms with E-state index in [1.54, 1.807) is 0 Å². The molecule has 0 aromatic heterocycles. The van der Waals surface area contributed by atoms with Crippen molar-refractivity contribution in [1.82, 2.24) is 5.32 Å². The number of nitrogens with two attached hydrogens (primary N) is 1. The van der Waals surface area contributed by atoms with E-state index in [0.717, 1.165) is 6.42 Å². The molecule has 0 bridgehead atoms. The Bertz CT molecular complexity index is 380. The van der Waals surface area contributed by atoms with Crippen molar-refractivity contribution >= 4 is 5.91 Å². The average Bonchev–Trinajstić information content (AvgIpc) is 2.24.